The number of nitrogens with zero attached hydrogens (tertiary/aromatic N) is 3. The van der Waals surface area contributed by atoms with E-state index in [2.05, 4.69) is 28.9 Å². The molecule has 3 aromatic rings. The van der Waals surface area contributed by atoms with E-state index in [1.807, 2.05) is 17.0 Å². The van der Waals surface area contributed by atoms with Gasteiger partial charge in [0.2, 0.25) is 5.89 Å². The summed E-state index contributed by atoms with van der Waals surface area (Å²) >= 11 is 0. The highest BCUT2D eigenvalue weighted by Gasteiger charge is 2.24. The van der Waals surface area contributed by atoms with Crippen LogP contribution in [-0.4, -0.2) is 46.9 Å². The van der Waals surface area contributed by atoms with E-state index in [1.165, 1.54) is 11.8 Å². The van der Waals surface area contributed by atoms with Crippen LogP contribution in [0.2, 0.25) is 0 Å². The Balaban J connectivity index is 1.33. The maximum atomic E-state index is 12.3. The zero-order valence-corrected chi connectivity index (χ0v) is 14.7. The molecule has 2 aromatic heterocycles. The van der Waals surface area contributed by atoms with E-state index < -0.39 is 0 Å². The lowest BCUT2D eigenvalue weighted by Crippen LogP contribution is -2.48. The third-order valence-electron chi connectivity index (χ3n) is 4.63. The Morgan fingerprint density at radius 3 is 2.54 bits per heavy atom. The van der Waals surface area contributed by atoms with E-state index in [0.717, 1.165) is 30.9 Å². The molecule has 0 aliphatic carbocycles. The maximum Gasteiger partial charge on any atom is 0.289 e. The van der Waals surface area contributed by atoms with E-state index >= 15 is 0 Å². The Morgan fingerprint density at radius 1 is 1.08 bits per heavy atom. The van der Waals surface area contributed by atoms with Crippen LogP contribution < -0.4 is 0 Å². The summed E-state index contributed by atoms with van der Waals surface area (Å²) in [4.78, 5) is 21.0. The molecule has 0 N–H and O–H groups in total. The summed E-state index contributed by atoms with van der Waals surface area (Å²) in [6, 6.07) is 11.6. The van der Waals surface area contributed by atoms with Crippen LogP contribution in [0.15, 0.2) is 57.8 Å². The second-order valence-corrected chi connectivity index (χ2v) is 6.56. The molecule has 0 atom stereocenters. The van der Waals surface area contributed by atoms with Gasteiger partial charge in [-0.1, -0.05) is 17.7 Å². The molecule has 1 fully saturated rings. The highest BCUT2D eigenvalue weighted by Crippen LogP contribution is 2.20. The number of amides is 1. The minimum atomic E-state index is -0.0438. The number of aryl methyl sites for hydroxylation is 1. The fourth-order valence-corrected chi connectivity index (χ4v) is 3.10. The summed E-state index contributed by atoms with van der Waals surface area (Å²) in [5, 5.41) is 0. The number of carbonyl (C=O) groups is 1. The summed E-state index contributed by atoms with van der Waals surface area (Å²) in [6.07, 6.45) is 3.25. The second-order valence-electron chi connectivity index (χ2n) is 6.56. The van der Waals surface area contributed by atoms with Crippen molar-refractivity contribution >= 4 is 5.91 Å². The van der Waals surface area contributed by atoms with Gasteiger partial charge >= 0.3 is 0 Å². The molecule has 1 aliphatic rings. The van der Waals surface area contributed by atoms with Gasteiger partial charge in [-0.2, -0.15) is 0 Å². The number of rotatable bonds is 4. The van der Waals surface area contributed by atoms with Crippen LogP contribution >= 0.6 is 0 Å². The lowest BCUT2D eigenvalue weighted by molar-refractivity contribution is 0.0596. The zero-order chi connectivity index (χ0) is 17.9. The van der Waals surface area contributed by atoms with Crippen molar-refractivity contribution in [3.63, 3.8) is 0 Å². The molecule has 0 unspecified atom stereocenters. The number of aromatic nitrogens is 1. The summed E-state index contributed by atoms with van der Waals surface area (Å²) in [5.74, 6) is 1.00. The molecule has 0 spiro atoms. The first-order valence-electron chi connectivity index (χ1n) is 8.75. The van der Waals surface area contributed by atoms with Crippen LogP contribution in [0.25, 0.3) is 11.5 Å². The van der Waals surface area contributed by atoms with Crippen molar-refractivity contribution in [2.45, 2.75) is 13.5 Å². The Morgan fingerprint density at radius 2 is 1.85 bits per heavy atom. The zero-order valence-electron chi connectivity index (χ0n) is 14.7. The van der Waals surface area contributed by atoms with Crippen LogP contribution in [0.4, 0.5) is 0 Å². The van der Waals surface area contributed by atoms with Crippen LogP contribution in [0.1, 0.15) is 21.8 Å². The fraction of sp³-hybridized carbons (Fsp3) is 0.300. The normalized spacial score (nSPS) is 15.3. The summed E-state index contributed by atoms with van der Waals surface area (Å²) in [5.41, 5.74) is 3.10. The quantitative estimate of drug-likeness (QED) is 0.722. The average molecular weight is 351 g/mol. The number of oxazole rings is 1. The lowest BCUT2D eigenvalue weighted by atomic mass is 10.1. The summed E-state index contributed by atoms with van der Waals surface area (Å²) in [7, 11) is 0. The second kappa shape index (κ2) is 7.17. The third-order valence-corrected chi connectivity index (χ3v) is 4.63. The van der Waals surface area contributed by atoms with Crippen LogP contribution in [0, 0.1) is 6.92 Å². The topological polar surface area (TPSA) is 62.7 Å². The minimum absolute atomic E-state index is 0.0438. The molecule has 3 heterocycles. The minimum Gasteiger partial charge on any atom is -0.459 e. The number of piperazine rings is 1. The maximum absolute atomic E-state index is 12.3. The predicted molar refractivity (Wildman–Crippen MR) is 96.6 cm³/mol. The van der Waals surface area contributed by atoms with Crippen LogP contribution in [0.3, 0.4) is 0 Å². The molecule has 134 valence electrons. The van der Waals surface area contributed by atoms with Gasteiger partial charge in [-0.3, -0.25) is 9.69 Å². The Bertz CT molecular complexity index is 860. The molecule has 0 radical (unpaired) electrons. The number of furan rings is 1. The van der Waals surface area contributed by atoms with E-state index in [4.69, 9.17) is 8.83 Å². The lowest BCUT2D eigenvalue weighted by Gasteiger charge is -2.33. The van der Waals surface area contributed by atoms with Gasteiger partial charge < -0.3 is 13.7 Å². The standard InChI is InChI=1S/C20H21N3O3/c1-15-4-6-16(7-5-15)19-21-17(14-26-19)13-22-8-10-23(11-9-22)20(24)18-3-2-12-25-18/h2-7,12,14H,8-11,13H2,1H3. The van der Waals surface area contributed by atoms with Crippen molar-refractivity contribution < 1.29 is 13.6 Å². The van der Waals surface area contributed by atoms with Gasteiger partial charge in [-0.15, -0.1) is 0 Å². The van der Waals surface area contributed by atoms with Gasteiger partial charge in [0.1, 0.15) is 6.26 Å². The van der Waals surface area contributed by atoms with Crippen LogP contribution in [-0.2, 0) is 6.54 Å². The Hall–Kier alpha value is -2.86. The van der Waals surface area contributed by atoms with Crippen molar-refractivity contribution in [1.29, 1.82) is 0 Å². The fourth-order valence-electron chi connectivity index (χ4n) is 3.10. The summed E-state index contributed by atoms with van der Waals surface area (Å²) in [6.45, 7) is 5.75. The molecule has 26 heavy (non-hydrogen) atoms. The number of carbonyl (C=O) groups excluding carboxylic acids is 1. The van der Waals surface area contributed by atoms with Gasteiger partial charge in [0.15, 0.2) is 5.76 Å². The molecular formula is C20H21N3O3. The molecule has 6 nitrogen and oxygen atoms in total. The monoisotopic (exact) mass is 351 g/mol. The van der Waals surface area contributed by atoms with Gasteiger partial charge in [-0.25, -0.2) is 4.98 Å². The molecule has 1 aromatic carbocycles. The van der Waals surface area contributed by atoms with E-state index in [1.54, 1.807) is 18.4 Å². The number of benzene rings is 1. The van der Waals surface area contributed by atoms with Crippen molar-refractivity contribution in [3.05, 3.63) is 65.9 Å². The first-order chi connectivity index (χ1) is 12.7. The van der Waals surface area contributed by atoms with Crippen LogP contribution in [0.5, 0.6) is 0 Å². The molecular weight excluding hydrogens is 330 g/mol. The smallest absolute Gasteiger partial charge is 0.289 e. The SMILES string of the molecule is Cc1ccc(-c2nc(CN3CCN(C(=O)c4ccco4)CC3)co2)cc1. The van der Waals surface area contributed by atoms with E-state index in [-0.39, 0.29) is 5.91 Å². The predicted octanol–water partition coefficient (Wildman–Crippen LogP) is 3.20. The highest BCUT2D eigenvalue weighted by atomic mass is 16.3. The molecule has 6 heteroatoms. The van der Waals surface area contributed by atoms with Crippen molar-refractivity contribution in [3.8, 4) is 11.5 Å². The average Bonchev–Trinajstić information content (AvgIpc) is 3.35. The highest BCUT2D eigenvalue weighted by molar-refractivity contribution is 5.91. The summed E-state index contributed by atoms with van der Waals surface area (Å²) < 4.78 is 10.8. The molecule has 1 aliphatic heterocycles. The molecule has 1 amide bonds. The largest absolute Gasteiger partial charge is 0.459 e. The van der Waals surface area contributed by atoms with Crippen molar-refractivity contribution in [2.75, 3.05) is 26.2 Å². The Kier molecular flexibility index (Phi) is 4.58. The molecule has 0 saturated carbocycles. The molecule has 1 saturated heterocycles. The van der Waals surface area contributed by atoms with Gasteiger partial charge in [0, 0.05) is 38.3 Å². The van der Waals surface area contributed by atoms with Gasteiger partial charge in [0.05, 0.1) is 12.0 Å². The van der Waals surface area contributed by atoms with Gasteiger partial charge in [0.25, 0.3) is 5.91 Å². The van der Waals surface area contributed by atoms with E-state index in [0.29, 0.717) is 24.7 Å². The Labute approximate surface area is 152 Å². The van der Waals surface area contributed by atoms with E-state index in [9.17, 15) is 4.79 Å². The molecule has 0 bridgehead atoms. The van der Waals surface area contributed by atoms with Gasteiger partial charge in [-0.05, 0) is 31.2 Å². The third kappa shape index (κ3) is 3.55. The first-order valence-corrected chi connectivity index (χ1v) is 8.75. The molecule has 4 rings (SSSR count). The van der Waals surface area contributed by atoms with Crippen molar-refractivity contribution in [1.82, 2.24) is 14.8 Å². The number of hydrogen-bond acceptors (Lipinski definition) is 5. The van der Waals surface area contributed by atoms with Crippen molar-refractivity contribution in [2.24, 2.45) is 0 Å². The number of hydrogen-bond donors (Lipinski definition) is 0. The first kappa shape index (κ1) is 16.6.